The van der Waals surface area contributed by atoms with E-state index in [9.17, 15) is 15.8 Å². The topological polar surface area (TPSA) is 187 Å². The van der Waals surface area contributed by atoms with Crippen molar-refractivity contribution in [3.63, 3.8) is 0 Å². The van der Waals surface area contributed by atoms with Crippen LogP contribution in [0.25, 0.3) is 192 Å². The third-order valence-electron chi connectivity index (χ3n) is 26.4. The van der Waals surface area contributed by atoms with E-state index in [0.29, 0.717) is 69.1 Å². The molecule has 0 saturated carbocycles. The van der Waals surface area contributed by atoms with Crippen molar-refractivity contribution in [2.24, 2.45) is 0 Å². The number of rotatable bonds is 14. The second-order valence-corrected chi connectivity index (χ2v) is 35.7. The molecule has 12 heteroatoms. The van der Waals surface area contributed by atoms with Gasteiger partial charge in [0.2, 0.25) is 0 Å². The Morgan fingerprint density at radius 1 is 0.163 bits per heavy atom. The van der Waals surface area contributed by atoms with Gasteiger partial charge in [-0.2, -0.15) is 15.8 Å². The summed E-state index contributed by atoms with van der Waals surface area (Å²) in [6.45, 7) is 13.4. The van der Waals surface area contributed by atoms with Crippen LogP contribution in [0, 0.1) is 34.0 Å². The fraction of sp³-hybridized carbons (Fsp3) is 0.0732. The minimum Gasteiger partial charge on any atom is -0.208 e. The molecule has 3 aliphatic carbocycles. The van der Waals surface area contributed by atoms with E-state index in [1.807, 2.05) is 182 Å². The largest absolute Gasteiger partial charge is 0.208 e. The highest BCUT2D eigenvalue weighted by Gasteiger charge is 2.40. The SMILES string of the molecule is CC1(C)c2cc(C#N)ccc2-c2ccc(-c3cccc(-c4nc(-c5ccccc5)nc(-c5ccc(-c6ccccc6)cc5)n4)c3)cc21.CC1(C)c2cc(C#N)ccc2-c2ccc(-c3cccc(-c4nc(-c5ccccc5)nc(-c5ccccc5)n4)c3)cc21.CC1(C)c2cccc(C#N)c2-c2c(-c3ccc(-c4nc(-c5ccccc5)nc(-c5ccc(-c6ccccc6)cc5)n4)cc3)cccc21. The molecule has 0 saturated heterocycles. The third kappa shape index (κ3) is 16.2. The number of hydrogen-bond acceptors (Lipinski definition) is 12. The number of benzene rings is 17. The lowest BCUT2D eigenvalue weighted by Crippen LogP contribution is -2.15. The van der Waals surface area contributed by atoms with Gasteiger partial charge in [-0.15, -0.1) is 0 Å². The van der Waals surface area contributed by atoms with Crippen molar-refractivity contribution in [1.29, 1.82) is 15.8 Å². The molecular formula is C123H86N12. The summed E-state index contributed by atoms with van der Waals surface area (Å²) in [5, 5.41) is 29.0. The number of nitrogens with zero attached hydrogens (tertiary/aromatic N) is 12. The van der Waals surface area contributed by atoms with Crippen molar-refractivity contribution in [1.82, 2.24) is 44.9 Å². The second kappa shape index (κ2) is 35.3. The van der Waals surface area contributed by atoms with Gasteiger partial charge in [0.1, 0.15) is 0 Å². The molecule has 12 nitrogen and oxygen atoms in total. The highest BCUT2D eigenvalue weighted by Crippen LogP contribution is 2.55. The Morgan fingerprint density at radius 3 is 0.726 bits per heavy atom. The number of nitriles is 3. The zero-order chi connectivity index (χ0) is 91.9. The van der Waals surface area contributed by atoms with Gasteiger partial charge in [0.15, 0.2) is 52.4 Å². The summed E-state index contributed by atoms with van der Waals surface area (Å²) in [5.74, 6) is 5.70. The Balaban J connectivity index is 0.000000122. The number of fused-ring (bicyclic) bond motifs is 9. The molecule has 0 atom stereocenters. The van der Waals surface area contributed by atoms with E-state index < -0.39 is 0 Å². The molecule has 0 bridgehead atoms. The Kier molecular flexibility index (Phi) is 22.0. The summed E-state index contributed by atoms with van der Waals surface area (Å²) >= 11 is 0. The summed E-state index contributed by atoms with van der Waals surface area (Å²) in [7, 11) is 0. The number of hydrogen-bond donors (Lipinski definition) is 0. The standard InChI is InChI=1S/2C43H30N4.C37H26N4/c1-43(2)36-17-9-15-34(27-44)38(36)39-35(16-10-18-37(39)43)30-21-25-33(26-22-30)42-46-40(31-13-7-4-8-14-31)45-41(47-42)32-23-19-29(20-24-32)28-11-5-3-6-12-28;1-43(2)38-24-28(27-44)16-22-36(38)37-23-21-34(26-39(37)43)33-14-9-15-35(25-33)42-46-40(31-12-7-4-8-13-31)45-41(47-42)32-19-17-30(18-20-32)29-10-5-3-6-11-29;1-37(2)32-20-24(23-38)16-18-30(32)31-19-17-28(22-33(31)37)27-14-9-15-29(21-27)36-40-34(25-10-5-3-6-11-25)39-35(41-36)26-12-7-4-8-13-26/h2*3-26H,1-2H3;3-22H,1-2H3. The van der Waals surface area contributed by atoms with E-state index in [1.165, 1.54) is 66.8 Å². The lowest BCUT2D eigenvalue weighted by atomic mass is 9.81. The second-order valence-electron chi connectivity index (χ2n) is 35.7. The molecule has 0 unspecified atom stereocenters. The lowest BCUT2D eigenvalue weighted by molar-refractivity contribution is 0.660. The van der Waals surface area contributed by atoms with Gasteiger partial charge in [0.25, 0.3) is 0 Å². The summed E-state index contributed by atoms with van der Waals surface area (Å²) in [6, 6.07) is 148. The number of aromatic nitrogens is 9. The predicted octanol–water partition coefficient (Wildman–Crippen LogP) is 29.5. The summed E-state index contributed by atoms with van der Waals surface area (Å²) in [6.07, 6.45) is 0. The summed E-state index contributed by atoms with van der Waals surface area (Å²) in [4.78, 5) is 44.4. The van der Waals surface area contributed by atoms with Gasteiger partial charge in [0.05, 0.1) is 34.9 Å². The molecule has 3 aliphatic rings. The van der Waals surface area contributed by atoms with Crippen molar-refractivity contribution >= 4 is 0 Å². The quantitative estimate of drug-likeness (QED) is 0.100. The monoisotopic (exact) mass is 1730 g/mol. The Morgan fingerprint density at radius 2 is 0.393 bits per heavy atom. The summed E-state index contributed by atoms with van der Waals surface area (Å²) in [5.41, 5.74) is 35.5. The molecule has 23 rings (SSSR count). The first-order chi connectivity index (χ1) is 66.0. The van der Waals surface area contributed by atoms with Crippen LogP contribution in [0.2, 0.25) is 0 Å². The third-order valence-corrected chi connectivity index (χ3v) is 26.4. The van der Waals surface area contributed by atoms with Gasteiger partial charge < -0.3 is 0 Å². The highest BCUT2D eigenvalue weighted by atomic mass is 15.1. The minimum absolute atomic E-state index is 0.193. The fourth-order valence-corrected chi connectivity index (χ4v) is 19.1. The molecule has 17 aromatic carbocycles. The van der Waals surface area contributed by atoms with Crippen molar-refractivity contribution in [2.75, 3.05) is 0 Å². The molecule has 3 aromatic heterocycles. The van der Waals surface area contributed by atoms with Crippen LogP contribution >= 0.6 is 0 Å². The van der Waals surface area contributed by atoms with Crippen LogP contribution in [-0.2, 0) is 16.2 Å². The molecule has 0 amide bonds. The molecule has 0 radical (unpaired) electrons. The fourth-order valence-electron chi connectivity index (χ4n) is 19.1. The Labute approximate surface area is 785 Å². The molecule has 20 aromatic rings. The normalized spacial score (nSPS) is 12.7. The van der Waals surface area contributed by atoms with Crippen molar-refractivity contribution < 1.29 is 0 Å². The Hall–Kier alpha value is -17.8. The van der Waals surface area contributed by atoms with E-state index in [1.54, 1.807) is 0 Å². The van der Waals surface area contributed by atoms with Crippen molar-refractivity contribution in [2.45, 2.75) is 57.8 Å². The maximum atomic E-state index is 10.0. The zero-order valence-electron chi connectivity index (χ0n) is 75.1. The maximum Gasteiger partial charge on any atom is 0.164 e. The zero-order valence-corrected chi connectivity index (χ0v) is 75.1. The Bertz CT molecular complexity index is 8050. The van der Waals surface area contributed by atoms with E-state index in [0.717, 1.165) is 106 Å². The predicted molar refractivity (Wildman–Crippen MR) is 542 cm³/mol. The van der Waals surface area contributed by atoms with Crippen LogP contribution in [0.15, 0.2) is 413 Å². The van der Waals surface area contributed by atoms with Gasteiger partial charge >= 0.3 is 0 Å². The first-order valence-corrected chi connectivity index (χ1v) is 45.2. The van der Waals surface area contributed by atoms with Crippen LogP contribution in [-0.4, -0.2) is 44.9 Å². The maximum absolute atomic E-state index is 10.0. The van der Waals surface area contributed by atoms with E-state index in [-0.39, 0.29) is 16.2 Å². The minimum atomic E-state index is -0.213. The molecular weight excluding hydrogens is 1650 g/mol. The highest BCUT2D eigenvalue weighted by molar-refractivity contribution is 5.96. The molecule has 638 valence electrons. The van der Waals surface area contributed by atoms with Gasteiger partial charge in [-0.05, 0) is 171 Å². The van der Waals surface area contributed by atoms with Gasteiger partial charge in [-0.3, -0.25) is 0 Å². The smallest absolute Gasteiger partial charge is 0.164 e. The first kappa shape index (κ1) is 84.1. The molecule has 3 heterocycles. The van der Waals surface area contributed by atoms with E-state index >= 15 is 0 Å². The average Bonchev–Trinajstić information content (AvgIpc) is 1.57. The van der Waals surface area contributed by atoms with Crippen molar-refractivity contribution in [3.8, 4) is 210 Å². The van der Waals surface area contributed by atoms with Crippen LogP contribution in [0.4, 0.5) is 0 Å². The van der Waals surface area contributed by atoms with Gasteiger partial charge in [-0.25, -0.2) is 44.9 Å². The van der Waals surface area contributed by atoms with Crippen LogP contribution in [0.3, 0.4) is 0 Å². The molecule has 0 aliphatic heterocycles. The first-order valence-electron chi connectivity index (χ1n) is 45.2. The van der Waals surface area contributed by atoms with Gasteiger partial charge in [0, 0.05) is 71.9 Å². The summed E-state index contributed by atoms with van der Waals surface area (Å²) < 4.78 is 0. The van der Waals surface area contributed by atoms with Gasteiger partial charge in [-0.1, -0.05) is 399 Å². The molecule has 0 spiro atoms. The van der Waals surface area contributed by atoms with Crippen molar-refractivity contribution in [3.05, 3.63) is 463 Å². The van der Waals surface area contributed by atoms with Crippen LogP contribution in [0.1, 0.15) is 91.6 Å². The van der Waals surface area contributed by atoms with E-state index in [2.05, 4.69) is 290 Å². The average molecular weight is 1730 g/mol. The molecule has 135 heavy (non-hydrogen) atoms. The van der Waals surface area contributed by atoms with E-state index in [4.69, 9.17) is 44.9 Å². The molecule has 0 N–H and O–H groups in total. The van der Waals surface area contributed by atoms with Crippen LogP contribution in [0.5, 0.6) is 0 Å². The molecule has 0 fully saturated rings. The lowest BCUT2D eigenvalue weighted by Gasteiger charge is -2.22. The van der Waals surface area contributed by atoms with Crippen LogP contribution < -0.4 is 0 Å².